The lowest BCUT2D eigenvalue weighted by atomic mass is 10.3. The van der Waals surface area contributed by atoms with Crippen LogP contribution in [-0.2, 0) is 16.0 Å². The van der Waals surface area contributed by atoms with Crippen LogP contribution in [0.4, 0.5) is 0 Å². The maximum Gasteiger partial charge on any atom is 0.325 e. The van der Waals surface area contributed by atoms with Crippen molar-refractivity contribution in [1.82, 2.24) is 5.32 Å². The normalized spacial score (nSPS) is 11.9. The Hall–Kier alpha value is -1.49. The number of methoxy groups -OCH3 is 1. The maximum absolute atomic E-state index is 11.6. The van der Waals surface area contributed by atoms with Gasteiger partial charge >= 0.3 is 5.97 Å². The van der Waals surface area contributed by atoms with Gasteiger partial charge in [0.05, 0.1) is 7.11 Å². The number of alkyl halides is 1. The number of amides is 1. The van der Waals surface area contributed by atoms with Gasteiger partial charge in [0.2, 0.25) is 0 Å². The Morgan fingerprint density at radius 3 is 2.76 bits per heavy atom. The molecule has 1 aromatic rings. The Morgan fingerprint density at radius 2 is 2.24 bits per heavy atom. The Labute approximate surface area is 104 Å². The van der Waals surface area contributed by atoms with Crippen molar-refractivity contribution in [3.05, 3.63) is 23.7 Å². The molecule has 1 heterocycles. The largest absolute Gasteiger partial charge is 0.468 e. The molecule has 0 aliphatic carbocycles. The van der Waals surface area contributed by atoms with Crippen molar-refractivity contribution in [1.29, 1.82) is 0 Å². The fraction of sp³-hybridized carbons (Fsp3) is 0.455. The summed E-state index contributed by atoms with van der Waals surface area (Å²) in [5, 5.41) is 1.59. The van der Waals surface area contributed by atoms with E-state index in [1.807, 2.05) is 6.92 Å². The fourth-order valence-corrected chi connectivity index (χ4v) is 1.34. The second-order valence-electron chi connectivity index (χ2n) is 3.32. The number of nitrogens with one attached hydrogen (secondary N) is 1. The van der Waals surface area contributed by atoms with Gasteiger partial charge in [0, 0.05) is 13.0 Å². The van der Waals surface area contributed by atoms with E-state index in [0.29, 0.717) is 6.42 Å². The van der Waals surface area contributed by atoms with E-state index in [9.17, 15) is 9.59 Å². The summed E-state index contributed by atoms with van der Waals surface area (Å²) in [5.74, 6) is -0.0546. The van der Waals surface area contributed by atoms with Crippen molar-refractivity contribution in [3.8, 4) is 0 Å². The summed E-state index contributed by atoms with van der Waals surface area (Å²) in [7, 11) is 1.24. The number of hydrogen-bond acceptors (Lipinski definition) is 4. The fourth-order valence-electron chi connectivity index (χ4n) is 1.17. The minimum Gasteiger partial charge on any atom is -0.468 e. The van der Waals surface area contributed by atoms with E-state index in [2.05, 4.69) is 10.1 Å². The molecule has 0 aromatic carbocycles. The lowest BCUT2D eigenvalue weighted by molar-refractivity contribution is -0.140. The Bertz CT molecular complexity index is 402. The predicted molar refractivity (Wildman–Crippen MR) is 62.1 cm³/mol. The highest BCUT2D eigenvalue weighted by Gasteiger charge is 2.18. The smallest absolute Gasteiger partial charge is 0.325 e. The molecule has 1 N–H and O–H groups in total. The van der Waals surface area contributed by atoms with Gasteiger partial charge in [-0.3, -0.25) is 9.59 Å². The summed E-state index contributed by atoms with van der Waals surface area (Å²) in [5.41, 5.74) is 0. The molecule has 1 aromatic heterocycles. The van der Waals surface area contributed by atoms with Crippen molar-refractivity contribution >= 4 is 23.5 Å². The van der Waals surface area contributed by atoms with Crippen LogP contribution in [-0.4, -0.2) is 30.9 Å². The SMILES string of the molecule is CCc1ccc(C(=O)NCC(Cl)C(=O)OC)o1. The quantitative estimate of drug-likeness (QED) is 0.640. The molecule has 17 heavy (non-hydrogen) atoms. The number of aryl methyl sites for hydroxylation is 1. The van der Waals surface area contributed by atoms with Crippen LogP contribution in [0.5, 0.6) is 0 Å². The molecule has 94 valence electrons. The molecular formula is C11H14ClNO4. The lowest BCUT2D eigenvalue weighted by Gasteiger charge is -2.07. The molecular weight excluding hydrogens is 246 g/mol. The molecule has 0 radical (unpaired) electrons. The van der Waals surface area contributed by atoms with Crippen molar-refractivity contribution in [2.45, 2.75) is 18.7 Å². The van der Waals surface area contributed by atoms with E-state index in [-0.39, 0.29) is 12.3 Å². The van der Waals surface area contributed by atoms with Gasteiger partial charge in [-0.25, -0.2) is 0 Å². The third-order valence-electron chi connectivity index (χ3n) is 2.13. The van der Waals surface area contributed by atoms with Crippen LogP contribution in [0.15, 0.2) is 16.5 Å². The average Bonchev–Trinajstić information content (AvgIpc) is 2.83. The molecule has 0 bridgehead atoms. The zero-order chi connectivity index (χ0) is 12.8. The van der Waals surface area contributed by atoms with Crippen molar-refractivity contribution in [3.63, 3.8) is 0 Å². The molecule has 6 heteroatoms. The lowest BCUT2D eigenvalue weighted by Crippen LogP contribution is -2.34. The molecule has 0 fully saturated rings. The summed E-state index contributed by atoms with van der Waals surface area (Å²) < 4.78 is 9.67. The van der Waals surface area contributed by atoms with Crippen molar-refractivity contribution < 1.29 is 18.7 Å². The third-order valence-corrected chi connectivity index (χ3v) is 2.47. The molecule has 1 amide bonds. The zero-order valence-corrected chi connectivity index (χ0v) is 10.4. The van der Waals surface area contributed by atoms with Crippen LogP contribution in [0.3, 0.4) is 0 Å². The third kappa shape index (κ3) is 3.78. The van der Waals surface area contributed by atoms with Crippen molar-refractivity contribution in [2.75, 3.05) is 13.7 Å². The highest BCUT2D eigenvalue weighted by atomic mass is 35.5. The minimum atomic E-state index is -0.899. The number of ether oxygens (including phenoxy) is 1. The molecule has 1 atom stereocenters. The second-order valence-corrected chi connectivity index (χ2v) is 3.85. The standard InChI is InChI=1S/C11H14ClNO4/c1-3-7-4-5-9(17-7)10(14)13-6-8(12)11(15)16-2/h4-5,8H,3,6H2,1-2H3,(H,13,14). The van der Waals surface area contributed by atoms with E-state index in [1.165, 1.54) is 7.11 Å². The van der Waals surface area contributed by atoms with Gasteiger partial charge in [0.25, 0.3) is 5.91 Å². The van der Waals surface area contributed by atoms with Crippen molar-refractivity contribution in [2.24, 2.45) is 0 Å². The van der Waals surface area contributed by atoms with E-state index < -0.39 is 17.3 Å². The highest BCUT2D eigenvalue weighted by molar-refractivity contribution is 6.30. The topological polar surface area (TPSA) is 68.5 Å². The molecule has 0 aliphatic heterocycles. The first-order chi connectivity index (χ1) is 8.08. The molecule has 0 aliphatic rings. The first kappa shape index (κ1) is 13.6. The van der Waals surface area contributed by atoms with Gasteiger partial charge in [-0.05, 0) is 12.1 Å². The number of rotatable bonds is 5. The van der Waals surface area contributed by atoms with Crippen LogP contribution in [0.25, 0.3) is 0 Å². The van der Waals surface area contributed by atoms with Gasteiger partial charge in [0.15, 0.2) is 5.76 Å². The monoisotopic (exact) mass is 259 g/mol. The van der Waals surface area contributed by atoms with Gasteiger partial charge in [-0.1, -0.05) is 6.92 Å². The predicted octanol–water partition coefficient (Wildman–Crippen LogP) is 1.35. The second kappa shape index (κ2) is 6.30. The number of hydrogen-bond donors (Lipinski definition) is 1. The van der Waals surface area contributed by atoms with Gasteiger partial charge in [0.1, 0.15) is 11.1 Å². The van der Waals surface area contributed by atoms with E-state index in [0.717, 1.165) is 5.76 Å². The van der Waals surface area contributed by atoms with Crippen LogP contribution in [0, 0.1) is 0 Å². The molecule has 0 saturated carbocycles. The molecule has 1 unspecified atom stereocenters. The van der Waals surface area contributed by atoms with Crippen LogP contribution in [0.2, 0.25) is 0 Å². The Kier molecular flexibility index (Phi) is 5.03. The minimum absolute atomic E-state index is 0.00474. The van der Waals surface area contributed by atoms with Gasteiger partial charge < -0.3 is 14.5 Å². The Morgan fingerprint density at radius 1 is 1.53 bits per heavy atom. The molecule has 0 spiro atoms. The molecule has 0 saturated heterocycles. The van der Waals surface area contributed by atoms with Crippen LogP contribution < -0.4 is 5.32 Å². The number of furan rings is 1. The van der Waals surface area contributed by atoms with E-state index >= 15 is 0 Å². The summed E-state index contributed by atoms with van der Waals surface area (Å²) >= 11 is 5.68. The summed E-state index contributed by atoms with van der Waals surface area (Å²) in [6.45, 7) is 1.92. The summed E-state index contributed by atoms with van der Waals surface area (Å²) in [6.07, 6.45) is 0.716. The highest BCUT2D eigenvalue weighted by Crippen LogP contribution is 2.08. The van der Waals surface area contributed by atoms with Gasteiger partial charge in [-0.15, -0.1) is 11.6 Å². The molecule has 1 rings (SSSR count). The molecule has 5 nitrogen and oxygen atoms in total. The first-order valence-corrected chi connectivity index (χ1v) is 5.61. The average molecular weight is 260 g/mol. The van der Waals surface area contributed by atoms with E-state index in [1.54, 1.807) is 12.1 Å². The number of carbonyl (C=O) groups is 2. The zero-order valence-electron chi connectivity index (χ0n) is 9.66. The van der Waals surface area contributed by atoms with Crippen LogP contribution in [0.1, 0.15) is 23.2 Å². The number of carbonyl (C=O) groups excluding carboxylic acids is 2. The first-order valence-electron chi connectivity index (χ1n) is 5.17. The van der Waals surface area contributed by atoms with Gasteiger partial charge in [-0.2, -0.15) is 0 Å². The van der Waals surface area contributed by atoms with E-state index in [4.69, 9.17) is 16.0 Å². The number of esters is 1. The Balaban J connectivity index is 2.47. The maximum atomic E-state index is 11.6. The number of halogens is 1. The summed E-state index contributed by atoms with van der Waals surface area (Å²) in [6, 6.07) is 3.31. The summed E-state index contributed by atoms with van der Waals surface area (Å²) in [4.78, 5) is 22.6. The van der Waals surface area contributed by atoms with Crippen LogP contribution >= 0.6 is 11.6 Å².